The van der Waals surface area contributed by atoms with E-state index in [-0.39, 0.29) is 41.7 Å². The number of guanidine groups is 1. The van der Waals surface area contributed by atoms with Crippen LogP contribution >= 0.6 is 24.0 Å². The van der Waals surface area contributed by atoms with E-state index < -0.39 is 6.36 Å². The lowest BCUT2D eigenvalue weighted by Crippen LogP contribution is -2.45. The van der Waals surface area contributed by atoms with Crippen molar-refractivity contribution in [3.05, 3.63) is 24.3 Å². The predicted octanol–water partition coefficient (Wildman–Crippen LogP) is 3.68. The van der Waals surface area contributed by atoms with Gasteiger partial charge in [-0.05, 0) is 36.6 Å². The normalized spacial score (nSPS) is 17.1. The number of nitrogens with two attached hydrogens (primary N) is 1. The van der Waals surface area contributed by atoms with Crippen molar-refractivity contribution in [1.82, 2.24) is 4.90 Å². The maximum atomic E-state index is 12.2. The van der Waals surface area contributed by atoms with Crippen LogP contribution in [0.5, 0.6) is 5.75 Å². The van der Waals surface area contributed by atoms with Crippen molar-refractivity contribution < 1.29 is 22.6 Å². The number of anilines is 1. The van der Waals surface area contributed by atoms with Gasteiger partial charge >= 0.3 is 6.36 Å². The monoisotopic (exact) mass is 516 g/mol. The first-order valence-corrected chi connectivity index (χ1v) is 8.97. The fourth-order valence-electron chi connectivity index (χ4n) is 2.96. The van der Waals surface area contributed by atoms with Crippen LogP contribution in [0.3, 0.4) is 0 Å². The second-order valence-corrected chi connectivity index (χ2v) is 6.85. The van der Waals surface area contributed by atoms with Crippen LogP contribution in [0.15, 0.2) is 29.3 Å². The highest BCUT2D eigenvalue weighted by atomic mass is 127. The van der Waals surface area contributed by atoms with Gasteiger partial charge < -0.3 is 20.5 Å². The largest absolute Gasteiger partial charge is 0.573 e. The summed E-state index contributed by atoms with van der Waals surface area (Å²) in [5.74, 6) is 0.470. The number of rotatable bonds is 7. The maximum Gasteiger partial charge on any atom is 0.573 e. The van der Waals surface area contributed by atoms with Gasteiger partial charge in [0.15, 0.2) is 5.96 Å². The summed E-state index contributed by atoms with van der Waals surface area (Å²) in [6.07, 6.45) is -3.71. The third-order valence-electron chi connectivity index (χ3n) is 4.14. The molecule has 0 radical (unpaired) electrons. The Bertz CT molecular complexity index is 606. The van der Waals surface area contributed by atoms with Gasteiger partial charge in [0.2, 0.25) is 0 Å². The van der Waals surface area contributed by atoms with E-state index in [1.165, 1.54) is 24.3 Å². The summed E-state index contributed by atoms with van der Waals surface area (Å²) >= 11 is 0. The first kappa shape index (κ1) is 24.8. The minimum absolute atomic E-state index is 0. The third kappa shape index (κ3) is 9.28. The first-order chi connectivity index (χ1) is 12.7. The van der Waals surface area contributed by atoms with Gasteiger partial charge in [0.1, 0.15) is 5.75 Å². The lowest BCUT2D eigenvalue weighted by atomic mass is 10.0. The number of nitrogens with zero attached hydrogens (tertiary/aromatic N) is 2. The minimum atomic E-state index is -4.71. The van der Waals surface area contributed by atoms with Crippen molar-refractivity contribution >= 4 is 35.6 Å². The Balaban J connectivity index is 0.00000392. The van der Waals surface area contributed by atoms with E-state index in [2.05, 4.69) is 33.8 Å². The Kier molecular flexibility index (Phi) is 10.3. The average molecular weight is 516 g/mol. The van der Waals surface area contributed by atoms with Gasteiger partial charge in [0.25, 0.3) is 0 Å². The summed E-state index contributed by atoms with van der Waals surface area (Å²) in [5.41, 5.74) is 6.48. The number of morpholine rings is 1. The third-order valence-corrected chi connectivity index (χ3v) is 4.14. The first-order valence-electron chi connectivity index (χ1n) is 8.97. The van der Waals surface area contributed by atoms with E-state index >= 15 is 0 Å². The molecule has 0 aliphatic carbocycles. The molecule has 6 nitrogen and oxygen atoms in total. The molecule has 0 spiro atoms. The van der Waals surface area contributed by atoms with E-state index in [4.69, 9.17) is 10.5 Å². The SMILES string of the molecule is CC(C)CC(CN=C(N)Nc1ccc(OC(F)(F)F)cc1)N1CCOCC1.I. The molecule has 1 atom stereocenters. The molecule has 1 fully saturated rings. The molecule has 2 rings (SSSR count). The Morgan fingerprint density at radius 2 is 1.86 bits per heavy atom. The number of benzene rings is 1. The van der Waals surface area contributed by atoms with E-state index in [9.17, 15) is 13.2 Å². The number of aliphatic imine (C=N–C) groups is 1. The van der Waals surface area contributed by atoms with E-state index in [0.29, 0.717) is 18.2 Å². The van der Waals surface area contributed by atoms with Gasteiger partial charge in [-0.25, -0.2) is 0 Å². The van der Waals surface area contributed by atoms with Gasteiger partial charge in [0, 0.05) is 24.8 Å². The zero-order valence-corrected chi connectivity index (χ0v) is 18.4. The summed E-state index contributed by atoms with van der Waals surface area (Å²) in [4.78, 5) is 6.78. The number of nitrogens with one attached hydrogen (secondary N) is 1. The number of alkyl halides is 3. The predicted molar refractivity (Wildman–Crippen MR) is 114 cm³/mol. The van der Waals surface area contributed by atoms with Crippen molar-refractivity contribution in [3.8, 4) is 5.75 Å². The van der Waals surface area contributed by atoms with Crippen LogP contribution in [-0.4, -0.2) is 56.1 Å². The highest BCUT2D eigenvalue weighted by Gasteiger charge is 2.31. The Morgan fingerprint density at radius 1 is 1.25 bits per heavy atom. The number of hydrogen-bond acceptors (Lipinski definition) is 4. The summed E-state index contributed by atoms with van der Waals surface area (Å²) in [7, 11) is 0. The molecule has 0 amide bonds. The van der Waals surface area contributed by atoms with E-state index in [1.54, 1.807) is 0 Å². The molecule has 10 heteroatoms. The molecular formula is C18H28F3IN4O2. The fourth-order valence-corrected chi connectivity index (χ4v) is 2.96. The van der Waals surface area contributed by atoms with Gasteiger partial charge in [-0.15, -0.1) is 37.1 Å². The summed E-state index contributed by atoms with van der Waals surface area (Å²) in [6.45, 7) is 8.08. The van der Waals surface area contributed by atoms with Gasteiger partial charge in [0.05, 0.1) is 19.8 Å². The molecule has 1 aliphatic rings. The Labute approximate surface area is 180 Å². The molecule has 1 saturated heterocycles. The van der Waals surface area contributed by atoms with Crippen LogP contribution in [0.25, 0.3) is 0 Å². The van der Waals surface area contributed by atoms with Crippen LogP contribution < -0.4 is 15.8 Å². The minimum Gasteiger partial charge on any atom is -0.406 e. The van der Waals surface area contributed by atoms with Crippen LogP contribution in [0.1, 0.15) is 20.3 Å². The van der Waals surface area contributed by atoms with Gasteiger partial charge in [-0.2, -0.15) is 0 Å². The molecule has 3 N–H and O–H groups in total. The average Bonchev–Trinajstić information content (AvgIpc) is 2.59. The van der Waals surface area contributed by atoms with Crippen molar-refractivity contribution in [2.45, 2.75) is 32.7 Å². The second kappa shape index (κ2) is 11.7. The summed E-state index contributed by atoms with van der Waals surface area (Å²) in [6, 6.07) is 5.63. The molecule has 1 unspecified atom stereocenters. The summed E-state index contributed by atoms with van der Waals surface area (Å²) < 4.78 is 45.8. The molecular weight excluding hydrogens is 488 g/mol. The zero-order chi connectivity index (χ0) is 19.9. The highest BCUT2D eigenvalue weighted by Crippen LogP contribution is 2.23. The standard InChI is InChI=1S/C18H27F3N4O2.HI/c1-13(2)11-15(25-7-9-26-10-8-25)12-23-17(22)24-14-3-5-16(6-4-14)27-18(19,20)21;/h3-6,13,15H,7-12H2,1-2H3,(H3,22,23,24);1H. The smallest absolute Gasteiger partial charge is 0.406 e. The number of ether oxygens (including phenoxy) is 2. The van der Waals surface area contributed by atoms with Crippen molar-refractivity contribution in [2.24, 2.45) is 16.6 Å². The molecule has 1 aliphatic heterocycles. The van der Waals surface area contributed by atoms with Gasteiger partial charge in [-0.3, -0.25) is 9.89 Å². The topological polar surface area (TPSA) is 72.1 Å². The molecule has 28 heavy (non-hydrogen) atoms. The van der Waals surface area contributed by atoms with Crippen LogP contribution in [0.2, 0.25) is 0 Å². The lowest BCUT2D eigenvalue weighted by Gasteiger charge is -2.34. The van der Waals surface area contributed by atoms with E-state index in [0.717, 1.165) is 32.7 Å². The van der Waals surface area contributed by atoms with Crippen LogP contribution in [-0.2, 0) is 4.74 Å². The van der Waals surface area contributed by atoms with Crippen molar-refractivity contribution in [2.75, 3.05) is 38.2 Å². The second-order valence-electron chi connectivity index (χ2n) is 6.85. The lowest BCUT2D eigenvalue weighted by molar-refractivity contribution is -0.274. The molecule has 0 bridgehead atoms. The van der Waals surface area contributed by atoms with Crippen LogP contribution in [0.4, 0.5) is 18.9 Å². The molecule has 160 valence electrons. The van der Waals surface area contributed by atoms with Gasteiger partial charge in [-0.1, -0.05) is 13.8 Å². The number of halogens is 4. The Morgan fingerprint density at radius 3 is 2.39 bits per heavy atom. The molecule has 1 heterocycles. The maximum absolute atomic E-state index is 12.2. The molecule has 0 aromatic heterocycles. The highest BCUT2D eigenvalue weighted by molar-refractivity contribution is 14.0. The molecule has 1 aromatic rings. The Hall–Kier alpha value is -1.27. The number of hydrogen-bond donors (Lipinski definition) is 2. The zero-order valence-electron chi connectivity index (χ0n) is 16.0. The van der Waals surface area contributed by atoms with Crippen molar-refractivity contribution in [3.63, 3.8) is 0 Å². The van der Waals surface area contributed by atoms with Crippen molar-refractivity contribution in [1.29, 1.82) is 0 Å². The molecule has 0 saturated carbocycles. The van der Waals surface area contributed by atoms with E-state index in [1.807, 2.05) is 0 Å². The van der Waals surface area contributed by atoms with Crippen LogP contribution in [0, 0.1) is 5.92 Å². The summed E-state index contributed by atoms with van der Waals surface area (Å²) in [5, 5.41) is 2.89. The quantitative estimate of drug-likeness (QED) is 0.329. The molecule has 1 aromatic carbocycles. The fraction of sp³-hybridized carbons (Fsp3) is 0.611.